The molecule has 4 rings (SSSR count). The molecule has 15 nitrogen and oxygen atoms in total. The molecular weight excluding hydrogens is 460 g/mol. The normalized spacial score (nSPS) is 28.2. The van der Waals surface area contributed by atoms with Crippen molar-refractivity contribution in [3.05, 3.63) is 6.33 Å². The number of carbonyl (C=O) groups is 1. The lowest BCUT2D eigenvalue weighted by molar-refractivity contribution is -0.196. The number of nitrogen functional groups attached to an aromatic ring is 1. The number of ketones is 1. The maximum atomic E-state index is 12.5. The highest BCUT2D eigenvalue weighted by atomic mass is 31.2. The molecule has 0 bridgehead atoms. The molecule has 0 aromatic carbocycles. The van der Waals surface area contributed by atoms with Gasteiger partial charge in [0.15, 0.2) is 29.6 Å². The molecule has 2 saturated heterocycles. The summed E-state index contributed by atoms with van der Waals surface area (Å²) in [5, 5.41) is 0. The van der Waals surface area contributed by atoms with Crippen LogP contribution in [-0.2, 0) is 23.6 Å². The van der Waals surface area contributed by atoms with Gasteiger partial charge in [0, 0.05) is 0 Å². The van der Waals surface area contributed by atoms with Crippen molar-refractivity contribution >= 4 is 43.9 Å². The van der Waals surface area contributed by atoms with Crippen LogP contribution in [-0.4, -0.2) is 80.0 Å². The Morgan fingerprint density at radius 1 is 1.26 bits per heavy atom. The van der Waals surface area contributed by atoms with E-state index < -0.39 is 63.4 Å². The number of nitrogens with zero attached hydrogens (tertiary/aromatic N) is 4. The molecule has 7 N–H and O–H groups in total. The Morgan fingerprint density at radius 2 is 1.90 bits per heavy atom. The molecule has 31 heavy (non-hydrogen) atoms. The van der Waals surface area contributed by atoms with Crippen LogP contribution < -0.4 is 11.3 Å². The van der Waals surface area contributed by atoms with Crippen molar-refractivity contribution in [3.63, 3.8) is 0 Å². The minimum absolute atomic E-state index is 0.0383. The van der Waals surface area contributed by atoms with E-state index in [0.717, 1.165) is 0 Å². The van der Waals surface area contributed by atoms with E-state index in [1.807, 2.05) is 0 Å². The van der Waals surface area contributed by atoms with Gasteiger partial charge < -0.3 is 29.7 Å². The Morgan fingerprint density at radius 3 is 2.52 bits per heavy atom. The van der Waals surface area contributed by atoms with Gasteiger partial charge in [-0.3, -0.25) is 13.9 Å². The number of imidazole rings is 1. The average Bonchev–Trinajstić information content (AvgIpc) is 3.22. The van der Waals surface area contributed by atoms with Gasteiger partial charge in [-0.1, -0.05) is 0 Å². The van der Waals surface area contributed by atoms with Crippen LogP contribution in [0.3, 0.4) is 0 Å². The van der Waals surface area contributed by atoms with Crippen molar-refractivity contribution in [1.82, 2.24) is 19.5 Å². The van der Waals surface area contributed by atoms with Crippen LogP contribution in [0.2, 0.25) is 0 Å². The Hall–Kier alpha value is -1.64. The average molecular weight is 480 g/mol. The quantitative estimate of drug-likeness (QED) is 0.253. The number of fused-ring (bicyclic) bond motifs is 2. The van der Waals surface area contributed by atoms with Gasteiger partial charge in [0.1, 0.15) is 17.7 Å². The van der Waals surface area contributed by atoms with E-state index in [4.69, 9.17) is 19.9 Å². The summed E-state index contributed by atoms with van der Waals surface area (Å²) in [5.41, 5.74) is 4.90. The smallest absolute Gasteiger partial charge is 0.382 e. The van der Waals surface area contributed by atoms with Crippen molar-refractivity contribution < 1.29 is 48.0 Å². The second-order valence-electron chi connectivity index (χ2n) is 7.61. The number of carbonyl (C=O) groups excluding carboxylic acids is 1. The highest BCUT2D eigenvalue weighted by molar-refractivity contribution is 7.59. The van der Waals surface area contributed by atoms with Crippen LogP contribution in [0.15, 0.2) is 6.33 Å². The zero-order valence-electron chi connectivity index (χ0n) is 16.1. The third-order valence-corrected chi connectivity index (χ3v) is 6.14. The monoisotopic (exact) mass is 480 g/mol. The van der Waals surface area contributed by atoms with Crippen LogP contribution in [0.4, 0.5) is 5.82 Å². The number of anilines is 1. The summed E-state index contributed by atoms with van der Waals surface area (Å²) < 4.78 is 30.2. The Bertz CT molecular complexity index is 1100. The number of Topliss-reactive ketones (excluding diaryl/α,β-unsaturated/α-hetero) is 1. The summed E-state index contributed by atoms with van der Waals surface area (Å²) in [6.45, 7) is 3.20. The second-order valence-corrected chi connectivity index (χ2v) is 10.8. The van der Waals surface area contributed by atoms with E-state index in [1.54, 1.807) is 13.8 Å². The molecule has 170 valence electrons. The summed E-state index contributed by atoms with van der Waals surface area (Å²) in [7, 11) is -9.26. The number of hydrogen-bond acceptors (Lipinski definition) is 12. The van der Waals surface area contributed by atoms with Gasteiger partial charge in [0.2, 0.25) is 17.5 Å². The molecule has 4 atom stereocenters. The van der Waals surface area contributed by atoms with Crippen LogP contribution in [0, 0.1) is 0 Å². The standard InChI is InChI=1S/C14H19N5O10P2/c1-14(2)28-8-7(5(20)3-30(21,22)23)27-12(9(8)29-14)19-4-16-6-10(15)17-13(18-11(6)19)31(24,25)26/h4,7-9,12,21-23H,3H2,1-2H3,(H3-,15,17,18,24,25,26)/p+1/t7-,8-,9-,12-/m1/s1. The maximum Gasteiger partial charge on any atom is 0.411 e. The third-order valence-electron chi connectivity index (χ3n) is 4.69. The molecule has 2 aliphatic rings. The molecule has 0 spiro atoms. The van der Waals surface area contributed by atoms with E-state index in [-0.39, 0.29) is 17.0 Å². The van der Waals surface area contributed by atoms with Gasteiger partial charge in [-0.2, -0.15) is 14.7 Å². The summed E-state index contributed by atoms with van der Waals surface area (Å²) >= 11 is 0. The van der Waals surface area contributed by atoms with Crippen molar-refractivity contribution in [2.24, 2.45) is 0 Å². The summed E-state index contributed by atoms with van der Waals surface area (Å²) in [6, 6.07) is 0. The molecular formula is C14H20N5O10P2+. The predicted molar refractivity (Wildman–Crippen MR) is 103 cm³/mol. The lowest BCUT2D eigenvalue weighted by Crippen LogP contribution is -2.37. The molecule has 2 aliphatic heterocycles. The lowest BCUT2D eigenvalue weighted by Gasteiger charge is -2.24. The summed E-state index contributed by atoms with van der Waals surface area (Å²) in [6.07, 6.45) is -4.03. The summed E-state index contributed by atoms with van der Waals surface area (Å²) in [5.74, 6) is -2.22. The molecule has 0 unspecified atom stereocenters. The first-order valence-electron chi connectivity index (χ1n) is 8.82. The topological polar surface area (TPSA) is 233 Å². The Labute approximate surface area is 174 Å². The Balaban J connectivity index is 1.77. The second kappa shape index (κ2) is 7.18. The van der Waals surface area contributed by atoms with Crippen LogP contribution in [0.5, 0.6) is 0 Å². The SMILES string of the molecule is CC1(C)O[C@@H]2[C@H](O1)[C@@H](C(=O)C[P+](O)(O)O)O[C@H]2n1cnc2c(N)nc(P(=O)(O)O)nc21. The number of aromatic nitrogens is 4. The molecule has 4 heterocycles. The van der Waals surface area contributed by atoms with Crippen molar-refractivity contribution in [2.45, 2.75) is 44.2 Å². The molecule has 17 heteroatoms. The zero-order valence-corrected chi connectivity index (χ0v) is 17.9. The fourth-order valence-electron chi connectivity index (χ4n) is 3.60. The van der Waals surface area contributed by atoms with Gasteiger partial charge in [-0.05, 0) is 13.8 Å². The molecule has 2 fully saturated rings. The number of rotatable bonds is 5. The van der Waals surface area contributed by atoms with Crippen LogP contribution in [0.1, 0.15) is 20.1 Å². The fraction of sp³-hybridized carbons (Fsp3) is 0.571. The van der Waals surface area contributed by atoms with Crippen LogP contribution >= 0.6 is 15.5 Å². The first-order valence-corrected chi connectivity index (χ1v) is 12.3. The largest absolute Gasteiger partial charge is 0.411 e. The molecule has 2 aromatic heterocycles. The first-order chi connectivity index (χ1) is 14.2. The van der Waals surface area contributed by atoms with E-state index in [1.165, 1.54) is 10.9 Å². The molecule has 0 amide bonds. The van der Waals surface area contributed by atoms with Gasteiger partial charge in [0.25, 0.3) is 0 Å². The molecule has 0 aliphatic carbocycles. The predicted octanol–water partition coefficient (Wildman–Crippen LogP) is -2.06. The highest BCUT2D eigenvalue weighted by Crippen LogP contribution is 2.48. The van der Waals surface area contributed by atoms with E-state index in [9.17, 15) is 33.8 Å². The van der Waals surface area contributed by atoms with Gasteiger partial charge >= 0.3 is 15.5 Å². The van der Waals surface area contributed by atoms with E-state index >= 15 is 0 Å². The fourth-order valence-corrected chi connectivity index (χ4v) is 4.66. The van der Waals surface area contributed by atoms with E-state index in [2.05, 4.69) is 15.0 Å². The van der Waals surface area contributed by atoms with Crippen molar-refractivity contribution in [2.75, 3.05) is 11.9 Å². The maximum absolute atomic E-state index is 12.5. The van der Waals surface area contributed by atoms with Gasteiger partial charge in [0.05, 0.1) is 6.33 Å². The lowest BCUT2D eigenvalue weighted by atomic mass is 10.1. The van der Waals surface area contributed by atoms with Crippen LogP contribution in [0.25, 0.3) is 11.2 Å². The van der Waals surface area contributed by atoms with Crippen molar-refractivity contribution in [1.29, 1.82) is 0 Å². The zero-order chi connectivity index (χ0) is 22.9. The third kappa shape index (κ3) is 4.22. The number of hydrogen-bond donors (Lipinski definition) is 6. The van der Waals surface area contributed by atoms with Gasteiger partial charge in [-0.25, -0.2) is 15.0 Å². The summed E-state index contributed by atoms with van der Waals surface area (Å²) in [4.78, 5) is 70.7. The molecule has 0 radical (unpaired) electrons. The van der Waals surface area contributed by atoms with Crippen molar-refractivity contribution in [3.8, 4) is 0 Å². The number of nitrogens with two attached hydrogens (primary N) is 1. The first kappa shape index (κ1) is 22.6. The minimum Gasteiger partial charge on any atom is -0.382 e. The Kier molecular flexibility index (Phi) is 5.23. The molecule has 2 aromatic rings. The minimum atomic E-state index is -4.84. The van der Waals surface area contributed by atoms with Gasteiger partial charge in [-0.15, -0.1) is 0 Å². The highest BCUT2D eigenvalue weighted by Gasteiger charge is 2.59. The molecule has 0 saturated carbocycles. The van der Waals surface area contributed by atoms with E-state index in [0.29, 0.717) is 0 Å². The number of ether oxygens (including phenoxy) is 3.